The van der Waals surface area contributed by atoms with Crippen LogP contribution in [0.4, 0.5) is 0 Å². The highest BCUT2D eigenvalue weighted by Gasteiger charge is 2.21. The Morgan fingerprint density at radius 3 is 2.45 bits per heavy atom. The van der Waals surface area contributed by atoms with E-state index in [-0.39, 0.29) is 17.0 Å². The van der Waals surface area contributed by atoms with E-state index in [4.69, 9.17) is 11.6 Å². The Bertz CT molecular complexity index is 1160. The Balaban J connectivity index is 1.82. The topological polar surface area (TPSA) is 106 Å². The largest absolute Gasteiger partial charge is 0.345 e. The van der Waals surface area contributed by atoms with Crippen molar-refractivity contribution in [2.24, 2.45) is 0 Å². The van der Waals surface area contributed by atoms with Gasteiger partial charge in [0.1, 0.15) is 0 Å². The highest BCUT2D eigenvalue weighted by atomic mass is 35.5. The van der Waals surface area contributed by atoms with Gasteiger partial charge in [-0.1, -0.05) is 31.0 Å². The fourth-order valence-corrected chi connectivity index (χ4v) is 3.96. The van der Waals surface area contributed by atoms with Gasteiger partial charge in [-0.05, 0) is 56.3 Å². The summed E-state index contributed by atoms with van der Waals surface area (Å²) in [5.41, 5.74) is 2.69. The van der Waals surface area contributed by atoms with Crippen LogP contribution in [-0.4, -0.2) is 36.1 Å². The summed E-state index contributed by atoms with van der Waals surface area (Å²) in [4.78, 5) is 17.0. The first-order valence-electron chi connectivity index (χ1n) is 9.77. The molecule has 0 bridgehead atoms. The SMILES string of the molecule is CCCC(NC(=O)c1cnn(-c2ccc(Cl)cc2)c1C)c1ccc(S(=O)(=O)NC)nc1. The molecule has 3 aromatic rings. The van der Waals surface area contributed by atoms with Gasteiger partial charge in [0.2, 0.25) is 0 Å². The second-order valence-corrected chi connectivity index (χ2v) is 9.25. The van der Waals surface area contributed by atoms with Crippen LogP contribution >= 0.6 is 11.6 Å². The van der Waals surface area contributed by atoms with Crippen LogP contribution in [0.2, 0.25) is 5.02 Å². The summed E-state index contributed by atoms with van der Waals surface area (Å²) in [7, 11) is -2.29. The second-order valence-electron chi connectivity index (χ2n) is 6.98. The number of pyridine rings is 1. The van der Waals surface area contributed by atoms with Crippen molar-refractivity contribution in [2.75, 3.05) is 7.05 Å². The molecule has 1 aromatic carbocycles. The van der Waals surface area contributed by atoms with Crippen LogP contribution in [0.25, 0.3) is 5.69 Å². The van der Waals surface area contributed by atoms with Gasteiger partial charge in [0.15, 0.2) is 5.03 Å². The first-order chi connectivity index (χ1) is 14.8. The van der Waals surface area contributed by atoms with Crippen molar-refractivity contribution in [2.45, 2.75) is 37.8 Å². The quantitative estimate of drug-likeness (QED) is 0.534. The molecule has 0 aliphatic heterocycles. The summed E-state index contributed by atoms with van der Waals surface area (Å²) >= 11 is 5.95. The zero-order valence-electron chi connectivity index (χ0n) is 17.5. The van der Waals surface area contributed by atoms with E-state index in [1.807, 2.05) is 26.0 Å². The average Bonchev–Trinajstić information content (AvgIpc) is 3.15. The number of halogens is 1. The maximum atomic E-state index is 13.0. The lowest BCUT2D eigenvalue weighted by Gasteiger charge is -2.18. The van der Waals surface area contributed by atoms with E-state index < -0.39 is 10.0 Å². The number of hydrogen-bond acceptors (Lipinski definition) is 5. The molecule has 1 atom stereocenters. The number of carbonyl (C=O) groups is 1. The molecule has 8 nitrogen and oxygen atoms in total. The first-order valence-corrected chi connectivity index (χ1v) is 11.6. The molecule has 2 N–H and O–H groups in total. The summed E-state index contributed by atoms with van der Waals surface area (Å²) in [5.74, 6) is -0.261. The third-order valence-electron chi connectivity index (χ3n) is 4.91. The number of amides is 1. The van der Waals surface area contributed by atoms with Crippen LogP contribution in [0.1, 0.15) is 47.4 Å². The third kappa shape index (κ3) is 5.12. The number of carbonyl (C=O) groups excluding carboxylic acids is 1. The van der Waals surface area contributed by atoms with Crippen LogP contribution in [0.15, 0.2) is 53.8 Å². The molecule has 3 rings (SSSR count). The van der Waals surface area contributed by atoms with Crippen LogP contribution in [0.3, 0.4) is 0 Å². The van der Waals surface area contributed by atoms with Crippen molar-refractivity contribution in [3.63, 3.8) is 0 Å². The van der Waals surface area contributed by atoms with Crippen LogP contribution in [-0.2, 0) is 10.0 Å². The van der Waals surface area contributed by atoms with E-state index in [1.54, 1.807) is 22.9 Å². The smallest absolute Gasteiger partial charge is 0.257 e. The molecule has 10 heteroatoms. The number of nitrogens with zero attached hydrogens (tertiary/aromatic N) is 3. The van der Waals surface area contributed by atoms with Gasteiger partial charge in [0, 0.05) is 11.2 Å². The molecule has 1 amide bonds. The monoisotopic (exact) mass is 461 g/mol. The average molecular weight is 462 g/mol. The number of sulfonamides is 1. The van der Waals surface area contributed by atoms with E-state index in [9.17, 15) is 13.2 Å². The summed E-state index contributed by atoms with van der Waals surface area (Å²) in [6.07, 6.45) is 4.51. The lowest BCUT2D eigenvalue weighted by atomic mass is 10.0. The minimum absolute atomic E-state index is 0.0691. The molecule has 0 spiro atoms. The summed E-state index contributed by atoms with van der Waals surface area (Å²) in [5, 5.41) is 7.91. The Labute approximate surface area is 186 Å². The standard InChI is InChI=1S/C21H24ClN5O3S/c1-4-5-19(15-6-11-20(24-12-15)31(29,30)23-3)26-21(28)18-13-25-27(14(18)2)17-9-7-16(22)8-10-17/h6-13,19,23H,4-5H2,1-3H3,(H,26,28). The minimum atomic E-state index is -3.62. The van der Waals surface area contributed by atoms with Crippen molar-refractivity contribution in [3.8, 4) is 5.69 Å². The molecule has 0 saturated heterocycles. The van der Waals surface area contributed by atoms with Gasteiger partial charge in [0.05, 0.1) is 29.2 Å². The Kier molecular flexibility index (Phi) is 7.09. The zero-order chi connectivity index (χ0) is 22.6. The molecule has 2 heterocycles. The van der Waals surface area contributed by atoms with E-state index in [0.717, 1.165) is 17.7 Å². The van der Waals surface area contributed by atoms with Crippen molar-refractivity contribution in [3.05, 3.63) is 70.6 Å². The highest BCUT2D eigenvalue weighted by Crippen LogP contribution is 2.21. The molecule has 31 heavy (non-hydrogen) atoms. The van der Waals surface area contributed by atoms with Gasteiger partial charge in [-0.15, -0.1) is 0 Å². The first kappa shape index (κ1) is 22.9. The third-order valence-corrected chi connectivity index (χ3v) is 6.50. The normalized spacial score (nSPS) is 12.5. The molecule has 0 aliphatic rings. The maximum absolute atomic E-state index is 13.0. The molecule has 0 saturated carbocycles. The molecule has 0 aliphatic carbocycles. The number of nitrogens with one attached hydrogen (secondary N) is 2. The summed E-state index contributed by atoms with van der Waals surface area (Å²) in [6, 6.07) is 9.98. The van der Waals surface area contributed by atoms with Gasteiger partial charge in [-0.2, -0.15) is 5.10 Å². The Morgan fingerprint density at radius 1 is 1.16 bits per heavy atom. The molecule has 2 aromatic heterocycles. The van der Waals surface area contributed by atoms with Crippen molar-refractivity contribution < 1.29 is 13.2 Å². The van der Waals surface area contributed by atoms with E-state index in [1.165, 1.54) is 25.5 Å². The fourth-order valence-electron chi connectivity index (χ4n) is 3.18. The van der Waals surface area contributed by atoms with Gasteiger partial charge in [-0.3, -0.25) is 4.79 Å². The number of benzene rings is 1. The van der Waals surface area contributed by atoms with Gasteiger partial charge in [0.25, 0.3) is 15.9 Å². The molecule has 1 unspecified atom stereocenters. The molecular formula is C21H24ClN5O3S. The maximum Gasteiger partial charge on any atom is 0.257 e. The Morgan fingerprint density at radius 2 is 1.87 bits per heavy atom. The molecule has 0 radical (unpaired) electrons. The van der Waals surface area contributed by atoms with Crippen LogP contribution in [0.5, 0.6) is 0 Å². The van der Waals surface area contributed by atoms with Gasteiger partial charge < -0.3 is 5.32 Å². The van der Waals surface area contributed by atoms with E-state index in [0.29, 0.717) is 22.7 Å². The highest BCUT2D eigenvalue weighted by molar-refractivity contribution is 7.89. The second kappa shape index (κ2) is 9.59. The van der Waals surface area contributed by atoms with Crippen LogP contribution in [0, 0.1) is 6.92 Å². The lowest BCUT2D eigenvalue weighted by Crippen LogP contribution is -2.29. The van der Waals surface area contributed by atoms with Gasteiger partial charge >= 0.3 is 0 Å². The van der Waals surface area contributed by atoms with Crippen molar-refractivity contribution >= 4 is 27.5 Å². The van der Waals surface area contributed by atoms with Gasteiger partial charge in [-0.25, -0.2) is 22.8 Å². The number of aromatic nitrogens is 3. The van der Waals surface area contributed by atoms with E-state index in [2.05, 4.69) is 20.1 Å². The summed E-state index contributed by atoms with van der Waals surface area (Å²) < 4.78 is 27.7. The minimum Gasteiger partial charge on any atom is -0.345 e. The number of hydrogen-bond donors (Lipinski definition) is 2. The summed E-state index contributed by atoms with van der Waals surface area (Å²) in [6.45, 7) is 3.83. The lowest BCUT2D eigenvalue weighted by molar-refractivity contribution is 0.0933. The van der Waals surface area contributed by atoms with Crippen molar-refractivity contribution in [1.82, 2.24) is 24.8 Å². The molecular weight excluding hydrogens is 438 g/mol. The Hall–Kier alpha value is -2.75. The predicted octanol–water partition coefficient (Wildman–Crippen LogP) is 3.41. The van der Waals surface area contributed by atoms with Crippen molar-refractivity contribution in [1.29, 1.82) is 0 Å². The fraction of sp³-hybridized carbons (Fsp3) is 0.286. The zero-order valence-corrected chi connectivity index (χ0v) is 19.0. The molecule has 164 valence electrons. The number of rotatable bonds is 8. The van der Waals surface area contributed by atoms with Crippen LogP contribution < -0.4 is 10.0 Å². The van der Waals surface area contributed by atoms with E-state index >= 15 is 0 Å². The molecule has 0 fully saturated rings. The predicted molar refractivity (Wildman–Crippen MR) is 119 cm³/mol.